The molecule has 0 spiro atoms. The Bertz CT molecular complexity index is 558. The Hall–Kier alpha value is -1.43. The molecule has 2 aliphatic rings. The fraction of sp³-hybridized carbons (Fsp3) is 0.682. The van der Waals surface area contributed by atoms with Crippen molar-refractivity contribution >= 4 is 5.91 Å². The van der Waals surface area contributed by atoms with E-state index in [4.69, 9.17) is 10.5 Å². The van der Waals surface area contributed by atoms with Crippen LogP contribution in [0, 0.1) is 5.92 Å². The summed E-state index contributed by atoms with van der Waals surface area (Å²) in [5.41, 5.74) is 7.35. The average Bonchev–Trinajstić information content (AvgIpc) is 2.69. The molecule has 3 N–H and O–H groups in total. The lowest BCUT2D eigenvalue weighted by Gasteiger charge is -2.32. The van der Waals surface area contributed by atoms with E-state index in [1.165, 1.54) is 5.56 Å². The molecule has 5 nitrogen and oxygen atoms in total. The number of piperidine rings is 1. The monoisotopic (exact) mass is 373 g/mol. The number of carbonyl (C=O) groups excluding carboxylic acids is 1. The number of hydrogen-bond donors (Lipinski definition) is 2. The van der Waals surface area contributed by atoms with Crippen LogP contribution in [0.4, 0.5) is 0 Å². The van der Waals surface area contributed by atoms with Crippen molar-refractivity contribution in [3.05, 3.63) is 35.9 Å². The molecule has 1 saturated heterocycles. The molecule has 0 radical (unpaired) electrons. The van der Waals surface area contributed by atoms with E-state index in [-0.39, 0.29) is 17.9 Å². The largest absolute Gasteiger partial charge is 0.378 e. The minimum atomic E-state index is 0.114. The van der Waals surface area contributed by atoms with Gasteiger partial charge >= 0.3 is 0 Å². The molecule has 2 fully saturated rings. The van der Waals surface area contributed by atoms with Gasteiger partial charge in [-0.3, -0.25) is 9.69 Å². The number of benzene rings is 1. The molecular formula is C22H35N3O2. The van der Waals surface area contributed by atoms with Crippen molar-refractivity contribution in [1.29, 1.82) is 0 Å². The molecule has 1 aromatic carbocycles. The third-order valence-corrected chi connectivity index (χ3v) is 5.84. The van der Waals surface area contributed by atoms with E-state index in [0.717, 1.165) is 71.2 Å². The Balaban J connectivity index is 1.23. The lowest BCUT2D eigenvalue weighted by Crippen LogP contribution is -2.38. The van der Waals surface area contributed by atoms with Gasteiger partial charge in [-0.05, 0) is 44.1 Å². The van der Waals surface area contributed by atoms with Gasteiger partial charge in [0.05, 0.1) is 6.10 Å². The van der Waals surface area contributed by atoms with Crippen molar-refractivity contribution in [2.45, 2.75) is 63.6 Å². The molecule has 5 heteroatoms. The smallest absolute Gasteiger partial charge is 0.223 e. The summed E-state index contributed by atoms with van der Waals surface area (Å²) in [6, 6.07) is 10.9. The molecule has 150 valence electrons. The molecule has 1 amide bonds. The van der Waals surface area contributed by atoms with Crippen LogP contribution in [-0.2, 0) is 16.1 Å². The maximum Gasteiger partial charge on any atom is 0.223 e. The first-order chi connectivity index (χ1) is 13.2. The zero-order valence-corrected chi connectivity index (χ0v) is 16.4. The van der Waals surface area contributed by atoms with E-state index in [2.05, 4.69) is 40.5 Å². The number of amides is 1. The highest BCUT2D eigenvalue weighted by molar-refractivity contribution is 5.78. The Morgan fingerprint density at radius 3 is 2.67 bits per heavy atom. The molecule has 1 aliphatic carbocycles. The van der Waals surface area contributed by atoms with Gasteiger partial charge in [-0.15, -0.1) is 0 Å². The predicted octanol–water partition coefficient (Wildman–Crippen LogP) is 2.69. The number of likely N-dealkylation sites (tertiary alicyclic amines) is 1. The average molecular weight is 374 g/mol. The van der Waals surface area contributed by atoms with Crippen molar-refractivity contribution in [3.63, 3.8) is 0 Å². The van der Waals surface area contributed by atoms with Gasteiger partial charge in [-0.25, -0.2) is 0 Å². The first kappa shape index (κ1) is 20.3. The zero-order valence-electron chi connectivity index (χ0n) is 16.4. The van der Waals surface area contributed by atoms with Crippen LogP contribution >= 0.6 is 0 Å². The summed E-state index contributed by atoms with van der Waals surface area (Å²) in [4.78, 5) is 14.7. The van der Waals surface area contributed by atoms with Crippen molar-refractivity contribution < 1.29 is 9.53 Å². The van der Waals surface area contributed by atoms with Gasteiger partial charge < -0.3 is 15.8 Å². The normalized spacial score (nSPS) is 24.6. The van der Waals surface area contributed by atoms with Crippen LogP contribution in [0.1, 0.15) is 50.5 Å². The van der Waals surface area contributed by atoms with E-state index in [1.54, 1.807) is 0 Å². The van der Waals surface area contributed by atoms with Crippen molar-refractivity contribution in [1.82, 2.24) is 10.2 Å². The summed E-state index contributed by atoms with van der Waals surface area (Å²) in [6.07, 6.45) is 7.39. The highest BCUT2D eigenvalue weighted by Crippen LogP contribution is 2.23. The summed E-state index contributed by atoms with van der Waals surface area (Å²) in [6.45, 7) is 4.66. The van der Waals surface area contributed by atoms with Crippen LogP contribution in [0.5, 0.6) is 0 Å². The van der Waals surface area contributed by atoms with Crippen molar-refractivity contribution in [2.24, 2.45) is 11.7 Å². The molecule has 0 aromatic heterocycles. The second kappa shape index (κ2) is 10.8. The minimum Gasteiger partial charge on any atom is -0.378 e. The number of ether oxygens (including phenoxy) is 1. The van der Waals surface area contributed by atoms with Crippen LogP contribution in [0.15, 0.2) is 30.3 Å². The third kappa shape index (κ3) is 6.91. The first-order valence-electron chi connectivity index (χ1n) is 10.6. The van der Waals surface area contributed by atoms with Gasteiger partial charge in [-0.2, -0.15) is 0 Å². The van der Waals surface area contributed by atoms with Gasteiger partial charge in [0, 0.05) is 44.7 Å². The third-order valence-electron chi connectivity index (χ3n) is 5.84. The van der Waals surface area contributed by atoms with Crippen LogP contribution < -0.4 is 11.1 Å². The Labute approximate surface area is 163 Å². The minimum absolute atomic E-state index is 0.114. The number of nitrogens with two attached hydrogens (primary N) is 1. The van der Waals surface area contributed by atoms with E-state index in [1.807, 2.05) is 0 Å². The standard InChI is InChI=1S/C22H35N3O2/c23-20-9-4-8-19(16-20)22(26)24-12-5-15-27-21-10-13-25(14-11-21)17-18-6-2-1-3-7-18/h1-3,6-7,19-21H,4-5,8-17,23H2,(H,24,26). The fourth-order valence-electron chi connectivity index (χ4n) is 4.22. The second-order valence-electron chi connectivity index (χ2n) is 8.10. The van der Waals surface area contributed by atoms with E-state index < -0.39 is 0 Å². The summed E-state index contributed by atoms with van der Waals surface area (Å²) in [5, 5.41) is 3.06. The maximum atomic E-state index is 12.2. The number of nitrogens with zero attached hydrogens (tertiary/aromatic N) is 1. The van der Waals surface area contributed by atoms with Gasteiger partial charge in [-0.1, -0.05) is 36.8 Å². The number of nitrogens with one attached hydrogen (secondary N) is 1. The van der Waals surface area contributed by atoms with Crippen molar-refractivity contribution in [3.8, 4) is 0 Å². The molecule has 1 aromatic rings. The lowest BCUT2D eigenvalue weighted by molar-refractivity contribution is -0.126. The van der Waals surface area contributed by atoms with Crippen LogP contribution in [0.3, 0.4) is 0 Å². The molecular weight excluding hydrogens is 338 g/mol. The summed E-state index contributed by atoms with van der Waals surface area (Å²) >= 11 is 0. The molecule has 1 aliphatic heterocycles. The maximum absolute atomic E-state index is 12.2. The topological polar surface area (TPSA) is 67.6 Å². The Morgan fingerprint density at radius 2 is 1.93 bits per heavy atom. The van der Waals surface area contributed by atoms with E-state index in [9.17, 15) is 4.79 Å². The number of hydrogen-bond acceptors (Lipinski definition) is 4. The molecule has 2 unspecified atom stereocenters. The predicted molar refractivity (Wildman–Crippen MR) is 108 cm³/mol. The van der Waals surface area contributed by atoms with Crippen LogP contribution in [-0.4, -0.2) is 49.2 Å². The first-order valence-corrected chi connectivity index (χ1v) is 10.6. The lowest BCUT2D eigenvalue weighted by atomic mass is 9.85. The summed E-state index contributed by atoms with van der Waals surface area (Å²) in [7, 11) is 0. The molecule has 27 heavy (non-hydrogen) atoms. The fourth-order valence-corrected chi connectivity index (χ4v) is 4.22. The summed E-state index contributed by atoms with van der Waals surface area (Å²) in [5.74, 6) is 0.294. The highest BCUT2D eigenvalue weighted by atomic mass is 16.5. The molecule has 3 rings (SSSR count). The Morgan fingerprint density at radius 1 is 1.15 bits per heavy atom. The highest BCUT2D eigenvalue weighted by Gasteiger charge is 2.25. The van der Waals surface area contributed by atoms with Gasteiger partial charge in [0.1, 0.15) is 0 Å². The van der Waals surface area contributed by atoms with Gasteiger partial charge in [0.2, 0.25) is 5.91 Å². The molecule has 1 saturated carbocycles. The Kier molecular flexibility index (Phi) is 8.11. The molecule has 1 heterocycles. The molecule has 2 atom stereocenters. The van der Waals surface area contributed by atoms with Gasteiger partial charge in [0.25, 0.3) is 0 Å². The van der Waals surface area contributed by atoms with Crippen LogP contribution in [0.25, 0.3) is 0 Å². The number of carbonyl (C=O) groups is 1. The van der Waals surface area contributed by atoms with Crippen molar-refractivity contribution in [2.75, 3.05) is 26.2 Å². The van der Waals surface area contributed by atoms with Crippen LogP contribution in [0.2, 0.25) is 0 Å². The zero-order chi connectivity index (χ0) is 18.9. The van der Waals surface area contributed by atoms with E-state index in [0.29, 0.717) is 12.6 Å². The quantitative estimate of drug-likeness (QED) is 0.688. The number of rotatable bonds is 8. The summed E-state index contributed by atoms with van der Waals surface area (Å²) < 4.78 is 6.03. The molecule has 0 bridgehead atoms. The second-order valence-corrected chi connectivity index (χ2v) is 8.10. The van der Waals surface area contributed by atoms with E-state index >= 15 is 0 Å². The SMILES string of the molecule is NC1CCCC(C(=O)NCCCOC2CCN(Cc3ccccc3)CC2)C1. The van der Waals surface area contributed by atoms with Gasteiger partial charge in [0.15, 0.2) is 0 Å².